The van der Waals surface area contributed by atoms with Gasteiger partial charge in [0.05, 0.1) is 5.02 Å². The summed E-state index contributed by atoms with van der Waals surface area (Å²) in [5.74, 6) is 0.382. The second-order valence-electron chi connectivity index (χ2n) is 5.46. The summed E-state index contributed by atoms with van der Waals surface area (Å²) >= 11 is 6.10. The monoisotopic (exact) mass is 393 g/mol. The van der Waals surface area contributed by atoms with Gasteiger partial charge in [0, 0.05) is 36.6 Å². The number of nitrogens with one attached hydrogen (secondary N) is 1. The van der Waals surface area contributed by atoms with Crippen molar-refractivity contribution in [2.24, 2.45) is 10.1 Å². The lowest BCUT2D eigenvalue weighted by molar-refractivity contribution is 0.0954. The van der Waals surface area contributed by atoms with Crippen LogP contribution in [0.3, 0.4) is 0 Å². The molecule has 0 fully saturated rings. The van der Waals surface area contributed by atoms with Crippen LogP contribution in [0, 0.1) is 0 Å². The minimum Gasteiger partial charge on any atom is -0.484 e. The Bertz CT molecular complexity index is 978. The van der Waals surface area contributed by atoms with Crippen molar-refractivity contribution < 1.29 is 9.53 Å². The maximum atomic E-state index is 12.2. The van der Waals surface area contributed by atoms with Gasteiger partial charge in [-0.2, -0.15) is 5.10 Å². The van der Waals surface area contributed by atoms with Gasteiger partial charge in [-0.3, -0.25) is 14.8 Å². The summed E-state index contributed by atoms with van der Waals surface area (Å²) in [6, 6.07) is 13.8. The SMILES string of the molecule is O=C(N/N=C(\COc1ccccc1Cl)N=Cc1ccncc1)c1ccncc1. The van der Waals surface area contributed by atoms with E-state index in [1.165, 1.54) is 12.4 Å². The maximum absolute atomic E-state index is 12.2. The molecule has 1 N–H and O–H groups in total. The van der Waals surface area contributed by atoms with Gasteiger partial charge in [0.25, 0.3) is 5.91 Å². The van der Waals surface area contributed by atoms with Gasteiger partial charge in [0.2, 0.25) is 0 Å². The molecule has 0 radical (unpaired) electrons. The first-order valence-corrected chi connectivity index (χ1v) is 8.68. The normalized spacial score (nSPS) is 11.4. The van der Waals surface area contributed by atoms with E-state index in [-0.39, 0.29) is 18.3 Å². The highest BCUT2D eigenvalue weighted by molar-refractivity contribution is 6.32. The first-order chi connectivity index (χ1) is 13.7. The largest absolute Gasteiger partial charge is 0.484 e. The Hall–Kier alpha value is -3.58. The lowest BCUT2D eigenvalue weighted by Crippen LogP contribution is -2.21. The molecule has 0 spiro atoms. The molecule has 0 unspecified atom stereocenters. The van der Waals surface area contributed by atoms with Crippen molar-refractivity contribution in [2.45, 2.75) is 0 Å². The third-order valence-corrected chi connectivity index (χ3v) is 3.80. The number of hydrogen-bond acceptors (Lipinski definition) is 5. The van der Waals surface area contributed by atoms with Crippen LogP contribution in [0.5, 0.6) is 5.75 Å². The van der Waals surface area contributed by atoms with Gasteiger partial charge >= 0.3 is 0 Å². The van der Waals surface area contributed by atoms with Crippen LogP contribution in [0.4, 0.5) is 0 Å². The molecule has 0 saturated carbocycles. The van der Waals surface area contributed by atoms with Crippen LogP contribution < -0.4 is 10.2 Å². The average molecular weight is 394 g/mol. The van der Waals surface area contributed by atoms with Crippen molar-refractivity contribution >= 4 is 29.6 Å². The van der Waals surface area contributed by atoms with Gasteiger partial charge in [0.1, 0.15) is 12.4 Å². The predicted molar refractivity (Wildman–Crippen MR) is 108 cm³/mol. The number of amidine groups is 1. The molecule has 2 aromatic heterocycles. The van der Waals surface area contributed by atoms with Crippen molar-refractivity contribution in [3.05, 3.63) is 89.5 Å². The van der Waals surface area contributed by atoms with Crippen molar-refractivity contribution in [1.82, 2.24) is 15.4 Å². The molecule has 0 atom stereocenters. The minimum atomic E-state index is -0.378. The van der Waals surface area contributed by atoms with E-state index in [4.69, 9.17) is 16.3 Å². The first kappa shape index (κ1) is 19.2. The number of nitrogens with zero attached hydrogens (tertiary/aromatic N) is 4. The van der Waals surface area contributed by atoms with E-state index in [2.05, 4.69) is 25.5 Å². The summed E-state index contributed by atoms with van der Waals surface area (Å²) in [5, 5.41) is 4.55. The van der Waals surface area contributed by atoms with E-state index >= 15 is 0 Å². The standard InChI is InChI=1S/C20H16ClN5O2/c21-17-3-1-2-4-18(17)28-14-19(24-13-15-5-9-22-10-6-15)25-26-20(27)16-7-11-23-12-8-16/h1-13H,14H2,(H,26,27)/b24-13?,25-19+. The molecule has 0 bridgehead atoms. The fraction of sp³-hybridized carbons (Fsp3) is 0.0500. The summed E-state index contributed by atoms with van der Waals surface area (Å²) in [6.45, 7) is 0.0158. The lowest BCUT2D eigenvalue weighted by atomic mass is 10.3. The van der Waals surface area contributed by atoms with Crippen molar-refractivity contribution in [3.8, 4) is 5.75 Å². The number of hydrogen-bond donors (Lipinski definition) is 1. The molecule has 140 valence electrons. The van der Waals surface area contributed by atoms with Gasteiger partial charge < -0.3 is 4.74 Å². The van der Waals surface area contributed by atoms with Gasteiger partial charge in [-0.05, 0) is 42.0 Å². The molecule has 1 amide bonds. The molecule has 8 heteroatoms. The van der Waals surface area contributed by atoms with E-state index in [0.717, 1.165) is 5.56 Å². The molecule has 3 aromatic rings. The zero-order valence-corrected chi connectivity index (χ0v) is 15.5. The number of halogens is 1. The van der Waals surface area contributed by atoms with Crippen LogP contribution in [0.25, 0.3) is 0 Å². The Labute approximate surface area is 166 Å². The third-order valence-electron chi connectivity index (χ3n) is 3.49. The van der Waals surface area contributed by atoms with Crippen molar-refractivity contribution in [3.63, 3.8) is 0 Å². The van der Waals surface area contributed by atoms with E-state index in [9.17, 15) is 4.79 Å². The van der Waals surface area contributed by atoms with Gasteiger partial charge in [-0.25, -0.2) is 10.4 Å². The fourth-order valence-electron chi connectivity index (χ4n) is 2.08. The molecular weight excluding hydrogens is 378 g/mol. The van der Waals surface area contributed by atoms with Crippen molar-refractivity contribution in [2.75, 3.05) is 6.61 Å². The minimum absolute atomic E-state index is 0.0158. The number of pyridine rings is 2. The van der Waals surface area contributed by atoms with E-state index in [1.807, 2.05) is 6.07 Å². The second kappa shape index (κ2) is 9.94. The van der Waals surface area contributed by atoms with Crippen LogP contribution in [0.1, 0.15) is 15.9 Å². The second-order valence-corrected chi connectivity index (χ2v) is 5.87. The van der Waals surface area contributed by atoms with Gasteiger partial charge in [-0.1, -0.05) is 23.7 Å². The first-order valence-electron chi connectivity index (χ1n) is 8.31. The van der Waals surface area contributed by atoms with E-state index < -0.39 is 0 Å². The van der Waals surface area contributed by atoms with E-state index in [0.29, 0.717) is 16.3 Å². The number of benzene rings is 1. The smallest absolute Gasteiger partial charge is 0.271 e. The van der Waals surface area contributed by atoms with E-state index in [1.54, 1.807) is 61.1 Å². The molecule has 2 heterocycles. The molecule has 0 saturated heterocycles. The van der Waals surface area contributed by atoms with Crippen LogP contribution in [-0.4, -0.2) is 34.5 Å². The molecule has 0 aliphatic rings. The van der Waals surface area contributed by atoms with Crippen LogP contribution in [0.2, 0.25) is 5.02 Å². The number of para-hydroxylation sites is 1. The molecule has 0 aliphatic heterocycles. The molecule has 1 aromatic carbocycles. The number of aliphatic imine (C=N–C) groups is 1. The summed E-state index contributed by atoms with van der Waals surface area (Å²) < 4.78 is 5.68. The Morgan fingerprint density at radius 2 is 1.71 bits per heavy atom. The number of ether oxygens (including phenoxy) is 1. The lowest BCUT2D eigenvalue weighted by Gasteiger charge is -2.08. The van der Waals surface area contributed by atoms with Gasteiger partial charge in [-0.15, -0.1) is 0 Å². The number of rotatable bonds is 6. The highest BCUT2D eigenvalue weighted by Gasteiger charge is 2.06. The number of carbonyl (C=O) groups excluding carboxylic acids is 1. The van der Waals surface area contributed by atoms with Crippen LogP contribution in [0.15, 0.2) is 83.4 Å². The highest BCUT2D eigenvalue weighted by Crippen LogP contribution is 2.22. The molecule has 28 heavy (non-hydrogen) atoms. The average Bonchev–Trinajstić information content (AvgIpc) is 2.75. The number of hydrazone groups is 1. The fourth-order valence-corrected chi connectivity index (χ4v) is 2.27. The Morgan fingerprint density at radius 3 is 2.43 bits per heavy atom. The number of aromatic nitrogens is 2. The molecule has 0 aliphatic carbocycles. The quantitative estimate of drug-likeness (QED) is 0.395. The summed E-state index contributed by atoms with van der Waals surface area (Å²) in [5.41, 5.74) is 3.74. The maximum Gasteiger partial charge on any atom is 0.271 e. The Morgan fingerprint density at radius 1 is 1.04 bits per heavy atom. The summed E-state index contributed by atoms with van der Waals surface area (Å²) in [4.78, 5) is 24.3. The third kappa shape index (κ3) is 5.72. The topological polar surface area (TPSA) is 88.8 Å². The molecule has 3 rings (SSSR count). The molecule has 7 nitrogen and oxygen atoms in total. The van der Waals surface area contributed by atoms with Gasteiger partial charge in [0.15, 0.2) is 5.84 Å². The Balaban J connectivity index is 1.74. The number of amides is 1. The zero-order chi connectivity index (χ0) is 19.6. The van der Waals surface area contributed by atoms with Crippen LogP contribution in [-0.2, 0) is 0 Å². The summed E-state index contributed by atoms with van der Waals surface area (Å²) in [6.07, 6.45) is 7.98. The molecular formula is C20H16ClN5O2. The van der Waals surface area contributed by atoms with Crippen molar-refractivity contribution in [1.29, 1.82) is 0 Å². The predicted octanol–water partition coefficient (Wildman–Crippen LogP) is 3.37. The zero-order valence-electron chi connectivity index (χ0n) is 14.7. The number of carbonyl (C=O) groups is 1. The summed E-state index contributed by atoms with van der Waals surface area (Å²) in [7, 11) is 0. The Kier molecular flexibility index (Phi) is 6.81. The highest BCUT2D eigenvalue weighted by atomic mass is 35.5. The van der Waals surface area contributed by atoms with Crippen LogP contribution >= 0.6 is 11.6 Å².